The van der Waals surface area contributed by atoms with Gasteiger partial charge in [-0.25, -0.2) is 24.0 Å². The molecule has 3 aromatic rings. The van der Waals surface area contributed by atoms with Crippen LogP contribution < -0.4 is 14.8 Å². The van der Waals surface area contributed by atoms with Crippen LogP contribution in [0, 0.1) is 0 Å². The Balaban J connectivity index is 1.36. The zero-order valence-corrected chi connectivity index (χ0v) is 33.5. The van der Waals surface area contributed by atoms with Crippen LogP contribution in [0.1, 0.15) is 53.0 Å². The first kappa shape index (κ1) is 44.5. The monoisotopic (exact) mass is 809 g/mol. The fraction of sp³-hybridized carbons (Fsp3) is 0.475. The maximum absolute atomic E-state index is 13.9. The Hall–Kier alpha value is -6.17. The number of hydrogen-bond donors (Lipinski definition) is 2. The van der Waals surface area contributed by atoms with Gasteiger partial charge in [0.05, 0.1) is 25.5 Å². The molecule has 2 N–H and O–H groups in total. The number of nitrogens with one attached hydrogen (secondary N) is 2. The fourth-order valence-corrected chi connectivity index (χ4v) is 5.69. The normalized spacial score (nSPS) is 14.5. The standard InChI is InChI=1S/C40H51N5O13/c1-25(56-38(49)27(3)58-39(50)28(4)57-37(48)26(2)55-29(5)46)36(47)54-19-17-45(24-30-10-9-11-33(20-30)52-6)40(51)43-34-13-12-31(32-22-41-42-23-32)21-35(34)53-18-16-44-14-7-8-15-44/h9-13,20-23,25-28H,7-8,14-19,24H2,1-6H3,(H,41,42)(H,43,51)/t25-,26-,27-,28-/m0/s1. The number of amides is 2. The summed E-state index contributed by atoms with van der Waals surface area (Å²) in [5.41, 5.74) is 2.87. The molecule has 1 aliphatic heterocycles. The lowest BCUT2D eigenvalue weighted by Gasteiger charge is -2.25. The van der Waals surface area contributed by atoms with E-state index >= 15 is 0 Å². The van der Waals surface area contributed by atoms with Crippen molar-refractivity contribution in [2.75, 3.05) is 51.8 Å². The number of nitrogens with zero attached hydrogens (tertiary/aromatic N) is 3. The molecule has 4 rings (SSSR count). The smallest absolute Gasteiger partial charge is 0.347 e. The number of carbonyl (C=O) groups is 6. The highest BCUT2D eigenvalue weighted by molar-refractivity contribution is 5.92. The van der Waals surface area contributed by atoms with Gasteiger partial charge in [0.15, 0.2) is 24.4 Å². The minimum absolute atomic E-state index is 0.0611. The molecule has 1 aromatic heterocycles. The maximum Gasteiger partial charge on any atom is 0.347 e. The van der Waals surface area contributed by atoms with Gasteiger partial charge < -0.3 is 43.4 Å². The van der Waals surface area contributed by atoms with Gasteiger partial charge >= 0.3 is 35.9 Å². The highest BCUT2D eigenvalue weighted by Gasteiger charge is 2.30. The van der Waals surface area contributed by atoms with Crippen LogP contribution in [0.2, 0.25) is 0 Å². The molecule has 2 amide bonds. The first-order valence-electron chi connectivity index (χ1n) is 18.9. The van der Waals surface area contributed by atoms with Crippen molar-refractivity contribution >= 4 is 41.6 Å². The van der Waals surface area contributed by atoms with E-state index in [1.807, 2.05) is 18.2 Å². The number of anilines is 1. The van der Waals surface area contributed by atoms with E-state index in [4.69, 9.17) is 33.2 Å². The zero-order valence-electron chi connectivity index (χ0n) is 33.5. The van der Waals surface area contributed by atoms with Crippen molar-refractivity contribution in [3.05, 3.63) is 60.4 Å². The zero-order chi connectivity index (χ0) is 42.2. The van der Waals surface area contributed by atoms with Gasteiger partial charge in [0.2, 0.25) is 0 Å². The number of methoxy groups -OCH3 is 1. The molecule has 1 aliphatic rings. The average molecular weight is 810 g/mol. The summed E-state index contributed by atoms with van der Waals surface area (Å²) in [6.07, 6.45) is 0.145. The van der Waals surface area contributed by atoms with Crippen molar-refractivity contribution in [1.82, 2.24) is 20.0 Å². The lowest BCUT2D eigenvalue weighted by molar-refractivity contribution is -0.184. The summed E-state index contributed by atoms with van der Waals surface area (Å²) in [4.78, 5) is 78.8. The second kappa shape index (κ2) is 21.9. The Kier molecular flexibility index (Phi) is 16.9. The number of carbonyl (C=O) groups excluding carboxylic acids is 6. The van der Waals surface area contributed by atoms with Gasteiger partial charge in [-0.15, -0.1) is 0 Å². The highest BCUT2D eigenvalue weighted by atomic mass is 16.6. The van der Waals surface area contributed by atoms with Gasteiger partial charge in [0, 0.05) is 31.8 Å². The molecule has 4 atom stereocenters. The molecule has 1 saturated heterocycles. The summed E-state index contributed by atoms with van der Waals surface area (Å²) in [6, 6.07) is 12.1. The molecule has 0 unspecified atom stereocenters. The predicted octanol–water partition coefficient (Wildman–Crippen LogP) is 3.88. The second-order valence-electron chi connectivity index (χ2n) is 13.5. The van der Waals surface area contributed by atoms with Gasteiger partial charge in [0.1, 0.15) is 24.7 Å². The molecule has 0 bridgehead atoms. The van der Waals surface area contributed by atoms with E-state index in [0.717, 1.165) is 56.1 Å². The van der Waals surface area contributed by atoms with E-state index < -0.39 is 60.3 Å². The SMILES string of the molecule is COc1cccc(CN(CCOC(=O)[C@H](C)OC(=O)[C@H](C)OC(=O)[C@H](C)OC(=O)[C@H](C)OC(C)=O)C(=O)Nc2ccc(-c3cn[nH]c3)cc2OCCN2CCCC2)c1. The minimum Gasteiger partial charge on any atom is -0.497 e. The Morgan fingerprint density at radius 1 is 0.810 bits per heavy atom. The number of esters is 5. The average Bonchev–Trinajstić information content (AvgIpc) is 3.93. The molecule has 2 heterocycles. The third-order valence-electron chi connectivity index (χ3n) is 8.87. The highest BCUT2D eigenvalue weighted by Crippen LogP contribution is 2.31. The Labute approximate surface area is 336 Å². The molecule has 0 saturated carbocycles. The second-order valence-corrected chi connectivity index (χ2v) is 13.5. The molecule has 0 radical (unpaired) electrons. The summed E-state index contributed by atoms with van der Waals surface area (Å²) in [5.74, 6) is -3.71. The molecule has 58 heavy (non-hydrogen) atoms. The van der Waals surface area contributed by atoms with Gasteiger partial charge in [-0.3, -0.25) is 14.8 Å². The van der Waals surface area contributed by atoms with Gasteiger partial charge in [0.25, 0.3) is 0 Å². The minimum atomic E-state index is -1.49. The number of rotatable bonds is 20. The largest absolute Gasteiger partial charge is 0.497 e. The van der Waals surface area contributed by atoms with E-state index in [1.165, 1.54) is 39.7 Å². The van der Waals surface area contributed by atoms with Crippen LogP contribution in [-0.2, 0) is 54.2 Å². The number of aromatic nitrogens is 2. The molecule has 0 aliphatic carbocycles. The molecule has 1 fully saturated rings. The first-order valence-corrected chi connectivity index (χ1v) is 18.9. The quantitative estimate of drug-likeness (QED) is 0.122. The van der Waals surface area contributed by atoms with Crippen molar-refractivity contribution in [3.8, 4) is 22.6 Å². The third kappa shape index (κ3) is 13.8. The van der Waals surface area contributed by atoms with Crippen LogP contribution in [0.15, 0.2) is 54.9 Å². The molecular formula is C40H51N5O13. The molecule has 18 nitrogen and oxygen atoms in total. The topological polar surface area (TPSA) is 214 Å². The van der Waals surface area contributed by atoms with E-state index in [2.05, 4.69) is 20.4 Å². The number of hydrogen-bond acceptors (Lipinski definition) is 15. The fourth-order valence-electron chi connectivity index (χ4n) is 5.69. The summed E-state index contributed by atoms with van der Waals surface area (Å²) in [7, 11) is 1.54. The van der Waals surface area contributed by atoms with Crippen molar-refractivity contribution in [3.63, 3.8) is 0 Å². The van der Waals surface area contributed by atoms with Crippen LogP contribution >= 0.6 is 0 Å². The number of aromatic amines is 1. The lowest BCUT2D eigenvalue weighted by atomic mass is 10.1. The van der Waals surface area contributed by atoms with E-state index in [1.54, 1.807) is 36.7 Å². The van der Waals surface area contributed by atoms with E-state index in [9.17, 15) is 28.8 Å². The van der Waals surface area contributed by atoms with Crippen molar-refractivity contribution < 1.29 is 61.9 Å². The van der Waals surface area contributed by atoms with Gasteiger partial charge in [-0.2, -0.15) is 5.10 Å². The Bertz CT molecular complexity index is 1860. The lowest BCUT2D eigenvalue weighted by Crippen LogP contribution is -2.39. The number of urea groups is 1. The van der Waals surface area contributed by atoms with E-state index in [0.29, 0.717) is 23.8 Å². The molecule has 18 heteroatoms. The summed E-state index contributed by atoms with van der Waals surface area (Å²) in [5, 5.41) is 9.79. The number of H-pyrrole nitrogens is 1. The number of benzene rings is 2. The Morgan fingerprint density at radius 2 is 1.45 bits per heavy atom. The Morgan fingerprint density at radius 3 is 2.05 bits per heavy atom. The number of likely N-dealkylation sites (tertiary alicyclic amines) is 1. The third-order valence-corrected chi connectivity index (χ3v) is 8.87. The van der Waals surface area contributed by atoms with Gasteiger partial charge in [-0.1, -0.05) is 18.2 Å². The van der Waals surface area contributed by atoms with Crippen molar-refractivity contribution in [2.45, 2.75) is 78.4 Å². The van der Waals surface area contributed by atoms with Crippen LogP contribution in [-0.4, -0.2) is 127 Å². The molecule has 2 aromatic carbocycles. The van der Waals surface area contributed by atoms with Crippen LogP contribution in [0.4, 0.5) is 10.5 Å². The molecule has 0 spiro atoms. The van der Waals surface area contributed by atoms with Crippen LogP contribution in [0.25, 0.3) is 11.1 Å². The molecular weight excluding hydrogens is 758 g/mol. The van der Waals surface area contributed by atoms with Crippen molar-refractivity contribution in [1.29, 1.82) is 0 Å². The van der Waals surface area contributed by atoms with E-state index in [-0.39, 0.29) is 19.7 Å². The van der Waals surface area contributed by atoms with Crippen molar-refractivity contribution in [2.24, 2.45) is 0 Å². The van der Waals surface area contributed by atoms with Crippen LogP contribution in [0.3, 0.4) is 0 Å². The van der Waals surface area contributed by atoms with Gasteiger partial charge in [-0.05, 0) is 89.0 Å². The summed E-state index contributed by atoms with van der Waals surface area (Å²) < 4.78 is 36.8. The predicted molar refractivity (Wildman–Crippen MR) is 206 cm³/mol. The van der Waals surface area contributed by atoms with Crippen LogP contribution in [0.5, 0.6) is 11.5 Å². The summed E-state index contributed by atoms with van der Waals surface area (Å²) >= 11 is 0. The maximum atomic E-state index is 13.9. The number of ether oxygens (including phenoxy) is 7. The molecule has 314 valence electrons. The first-order chi connectivity index (χ1) is 27.7. The summed E-state index contributed by atoms with van der Waals surface area (Å²) in [6.45, 7) is 9.03.